The quantitative estimate of drug-likeness (QED) is 0.681. The maximum Gasteiger partial charge on any atom is 0.419 e. The van der Waals surface area contributed by atoms with Gasteiger partial charge in [0.2, 0.25) is 0 Å². The van der Waals surface area contributed by atoms with Gasteiger partial charge in [0.15, 0.2) is 5.78 Å². The van der Waals surface area contributed by atoms with E-state index in [0.29, 0.717) is 12.1 Å². The number of halogens is 4. The average molecular weight is 287 g/mol. The van der Waals surface area contributed by atoms with Crippen LogP contribution in [0, 0.1) is 5.82 Å². The molecule has 0 spiro atoms. The molecule has 1 heterocycles. The smallest absolute Gasteiger partial charge is 0.383 e. The molecule has 8 heteroatoms. The molecule has 2 N–H and O–H groups in total. The third kappa shape index (κ3) is 2.36. The summed E-state index contributed by atoms with van der Waals surface area (Å²) in [5, 5.41) is 3.73. The van der Waals surface area contributed by atoms with Crippen LogP contribution >= 0.6 is 0 Å². The van der Waals surface area contributed by atoms with Crippen LogP contribution in [0.4, 0.5) is 23.4 Å². The van der Waals surface area contributed by atoms with E-state index in [1.54, 1.807) is 0 Å². The highest BCUT2D eigenvalue weighted by molar-refractivity contribution is 6.11. The van der Waals surface area contributed by atoms with Crippen molar-refractivity contribution in [2.24, 2.45) is 7.05 Å². The molecule has 0 bridgehead atoms. The number of carbonyl (C=O) groups is 1. The zero-order valence-electron chi connectivity index (χ0n) is 10.2. The Morgan fingerprint density at radius 2 is 2.00 bits per heavy atom. The summed E-state index contributed by atoms with van der Waals surface area (Å²) in [7, 11) is 1.48. The maximum absolute atomic E-state index is 13.1. The van der Waals surface area contributed by atoms with E-state index >= 15 is 0 Å². The Kier molecular flexibility index (Phi) is 3.24. The Labute approximate surface area is 110 Å². The maximum atomic E-state index is 13.1. The molecule has 0 atom stereocenters. The van der Waals surface area contributed by atoms with E-state index in [2.05, 4.69) is 5.10 Å². The molecule has 0 saturated carbocycles. The van der Waals surface area contributed by atoms with Crippen LogP contribution in [-0.2, 0) is 13.2 Å². The van der Waals surface area contributed by atoms with E-state index < -0.39 is 23.3 Å². The van der Waals surface area contributed by atoms with Crippen LogP contribution in [0.25, 0.3) is 0 Å². The van der Waals surface area contributed by atoms with Crippen LogP contribution in [-0.4, -0.2) is 15.6 Å². The second kappa shape index (κ2) is 4.62. The van der Waals surface area contributed by atoms with Crippen LogP contribution in [0.15, 0.2) is 24.4 Å². The first-order chi connectivity index (χ1) is 9.21. The SMILES string of the molecule is Cn1ncc(C(=O)c2ccc(F)c(C(F)(F)F)c2)c1N. The minimum absolute atomic E-state index is 0.0212. The predicted octanol–water partition coefficient (Wildman–Crippen LogP) is 2.39. The van der Waals surface area contributed by atoms with Crippen molar-refractivity contribution in [1.82, 2.24) is 9.78 Å². The number of carbonyl (C=O) groups excluding carboxylic acids is 1. The van der Waals surface area contributed by atoms with Gasteiger partial charge in [-0.2, -0.15) is 18.3 Å². The van der Waals surface area contributed by atoms with Gasteiger partial charge in [0, 0.05) is 12.6 Å². The minimum atomic E-state index is -4.87. The van der Waals surface area contributed by atoms with Gasteiger partial charge in [0.05, 0.1) is 17.3 Å². The Morgan fingerprint density at radius 1 is 1.35 bits per heavy atom. The number of hydrogen-bond donors (Lipinski definition) is 1. The molecule has 0 fully saturated rings. The fraction of sp³-hybridized carbons (Fsp3) is 0.167. The molecule has 2 rings (SSSR count). The molecule has 1 aromatic carbocycles. The molecule has 0 radical (unpaired) electrons. The molecule has 1 aromatic heterocycles. The first-order valence-corrected chi connectivity index (χ1v) is 5.40. The molecule has 0 aliphatic carbocycles. The number of ketones is 1. The van der Waals surface area contributed by atoms with Gasteiger partial charge in [0.25, 0.3) is 0 Å². The predicted molar refractivity (Wildman–Crippen MR) is 62.5 cm³/mol. The van der Waals surface area contributed by atoms with Crippen molar-refractivity contribution in [3.05, 3.63) is 46.9 Å². The van der Waals surface area contributed by atoms with Crippen molar-refractivity contribution < 1.29 is 22.4 Å². The van der Waals surface area contributed by atoms with Crippen molar-refractivity contribution in [3.8, 4) is 0 Å². The van der Waals surface area contributed by atoms with Gasteiger partial charge in [-0.15, -0.1) is 0 Å². The fourth-order valence-corrected chi connectivity index (χ4v) is 1.66. The summed E-state index contributed by atoms with van der Waals surface area (Å²) < 4.78 is 52.1. The van der Waals surface area contributed by atoms with Crippen molar-refractivity contribution >= 4 is 11.6 Å². The molecule has 2 aromatic rings. The first-order valence-electron chi connectivity index (χ1n) is 5.40. The third-order valence-corrected chi connectivity index (χ3v) is 2.76. The van der Waals surface area contributed by atoms with E-state index in [-0.39, 0.29) is 16.9 Å². The summed E-state index contributed by atoms with van der Waals surface area (Å²) in [5.41, 5.74) is 3.74. The van der Waals surface area contributed by atoms with E-state index in [0.717, 1.165) is 12.3 Å². The standard InChI is InChI=1S/C12H9F4N3O/c1-19-11(17)7(5-18-19)10(20)6-2-3-9(13)8(4-6)12(14,15)16/h2-5H,17H2,1H3. The highest BCUT2D eigenvalue weighted by atomic mass is 19.4. The summed E-state index contributed by atoms with van der Waals surface area (Å²) in [6.07, 6.45) is -3.73. The number of nitrogens with zero attached hydrogens (tertiary/aromatic N) is 2. The lowest BCUT2D eigenvalue weighted by atomic mass is 10.0. The summed E-state index contributed by atoms with van der Waals surface area (Å²) in [4.78, 5) is 12.0. The highest BCUT2D eigenvalue weighted by Crippen LogP contribution is 2.32. The zero-order valence-corrected chi connectivity index (χ0v) is 10.2. The number of aryl methyl sites for hydroxylation is 1. The molecule has 0 aliphatic rings. The van der Waals surface area contributed by atoms with Crippen LogP contribution in [0.5, 0.6) is 0 Å². The molecule has 0 saturated heterocycles. The number of alkyl halides is 3. The fourth-order valence-electron chi connectivity index (χ4n) is 1.66. The topological polar surface area (TPSA) is 60.9 Å². The Morgan fingerprint density at radius 3 is 2.50 bits per heavy atom. The second-order valence-corrected chi connectivity index (χ2v) is 4.09. The van der Waals surface area contributed by atoms with Gasteiger partial charge >= 0.3 is 6.18 Å². The van der Waals surface area contributed by atoms with Crippen molar-refractivity contribution in [2.45, 2.75) is 6.18 Å². The zero-order chi connectivity index (χ0) is 15.1. The van der Waals surface area contributed by atoms with Crippen LogP contribution in [0.1, 0.15) is 21.5 Å². The number of benzene rings is 1. The summed E-state index contributed by atoms with van der Waals surface area (Å²) in [6, 6.07) is 2.03. The summed E-state index contributed by atoms with van der Waals surface area (Å²) in [5.74, 6) is -2.16. The van der Waals surface area contributed by atoms with Gasteiger partial charge in [0.1, 0.15) is 11.6 Å². The van der Waals surface area contributed by atoms with E-state index in [4.69, 9.17) is 5.73 Å². The molecule has 4 nitrogen and oxygen atoms in total. The van der Waals surface area contributed by atoms with Crippen LogP contribution in [0.2, 0.25) is 0 Å². The minimum Gasteiger partial charge on any atom is -0.383 e. The number of nitrogen functional groups attached to an aromatic ring is 1. The van der Waals surface area contributed by atoms with Gasteiger partial charge in [-0.05, 0) is 18.2 Å². The molecule has 0 unspecified atom stereocenters. The second-order valence-electron chi connectivity index (χ2n) is 4.09. The normalized spacial score (nSPS) is 11.7. The monoisotopic (exact) mass is 287 g/mol. The molecule has 0 amide bonds. The van der Waals surface area contributed by atoms with Crippen molar-refractivity contribution in [3.63, 3.8) is 0 Å². The largest absolute Gasteiger partial charge is 0.419 e. The summed E-state index contributed by atoms with van der Waals surface area (Å²) >= 11 is 0. The lowest BCUT2D eigenvalue weighted by Crippen LogP contribution is -2.11. The highest BCUT2D eigenvalue weighted by Gasteiger charge is 2.35. The van der Waals surface area contributed by atoms with E-state index in [1.807, 2.05) is 0 Å². The average Bonchev–Trinajstić information content (AvgIpc) is 2.68. The molecule has 106 valence electrons. The molecule has 20 heavy (non-hydrogen) atoms. The van der Waals surface area contributed by atoms with Crippen molar-refractivity contribution in [2.75, 3.05) is 5.73 Å². The van der Waals surface area contributed by atoms with Gasteiger partial charge in [-0.3, -0.25) is 9.48 Å². The Hall–Kier alpha value is -2.38. The number of aromatic nitrogens is 2. The number of rotatable bonds is 2. The molecule has 0 aliphatic heterocycles. The van der Waals surface area contributed by atoms with E-state index in [1.165, 1.54) is 11.7 Å². The van der Waals surface area contributed by atoms with Gasteiger partial charge < -0.3 is 5.73 Å². The number of anilines is 1. The lowest BCUT2D eigenvalue weighted by molar-refractivity contribution is -0.140. The van der Waals surface area contributed by atoms with Gasteiger partial charge in [-0.25, -0.2) is 4.39 Å². The van der Waals surface area contributed by atoms with Crippen LogP contribution < -0.4 is 5.73 Å². The third-order valence-electron chi connectivity index (χ3n) is 2.76. The lowest BCUT2D eigenvalue weighted by Gasteiger charge is -2.09. The molecular formula is C12H9F4N3O. The van der Waals surface area contributed by atoms with Crippen LogP contribution in [0.3, 0.4) is 0 Å². The van der Waals surface area contributed by atoms with Gasteiger partial charge in [-0.1, -0.05) is 0 Å². The number of nitrogens with two attached hydrogens (primary N) is 1. The summed E-state index contributed by atoms with van der Waals surface area (Å²) in [6.45, 7) is 0. The Bertz CT molecular complexity index is 676. The molecular weight excluding hydrogens is 278 g/mol. The Balaban J connectivity index is 2.49. The van der Waals surface area contributed by atoms with Crippen molar-refractivity contribution in [1.29, 1.82) is 0 Å². The first kappa shape index (κ1) is 14.0. The number of hydrogen-bond acceptors (Lipinski definition) is 3. The van der Waals surface area contributed by atoms with E-state index in [9.17, 15) is 22.4 Å².